The summed E-state index contributed by atoms with van der Waals surface area (Å²) in [5.74, 6) is 0.848. The molecule has 2 aromatic carbocycles. The summed E-state index contributed by atoms with van der Waals surface area (Å²) < 4.78 is 6.53. The summed E-state index contributed by atoms with van der Waals surface area (Å²) in [5.41, 5.74) is 9.07. The topological polar surface area (TPSA) is 48.1 Å². The normalized spacial score (nSPS) is 10.9. The van der Waals surface area contributed by atoms with Crippen LogP contribution in [0.3, 0.4) is 0 Å². The van der Waals surface area contributed by atoms with Crippen molar-refractivity contribution in [2.45, 2.75) is 13.0 Å². The first-order chi connectivity index (χ1) is 9.80. The van der Waals surface area contributed by atoms with E-state index in [1.54, 1.807) is 18.4 Å². The van der Waals surface area contributed by atoms with Gasteiger partial charge < -0.3 is 10.5 Å². The lowest BCUT2D eigenvalue weighted by Crippen LogP contribution is -2.01. The van der Waals surface area contributed by atoms with Gasteiger partial charge in [0.15, 0.2) is 0 Å². The first-order valence-corrected chi connectivity index (χ1v) is 7.32. The zero-order valence-corrected chi connectivity index (χ0v) is 12.1. The zero-order chi connectivity index (χ0) is 13.9. The fraction of sp³-hybridized carbons (Fsp3) is 0.188. The first kappa shape index (κ1) is 13.1. The third kappa shape index (κ3) is 2.53. The summed E-state index contributed by atoms with van der Waals surface area (Å²) in [4.78, 5) is 4.66. The number of fused-ring (bicyclic) bond motifs is 1. The number of benzene rings is 2. The maximum absolute atomic E-state index is 5.76. The van der Waals surface area contributed by atoms with Gasteiger partial charge in [-0.25, -0.2) is 4.98 Å². The Hall–Kier alpha value is -1.91. The van der Waals surface area contributed by atoms with Crippen molar-refractivity contribution < 1.29 is 4.74 Å². The predicted octanol–water partition coefficient (Wildman–Crippen LogP) is 3.35. The van der Waals surface area contributed by atoms with E-state index in [0.29, 0.717) is 6.54 Å². The van der Waals surface area contributed by atoms with Gasteiger partial charge in [-0.05, 0) is 23.8 Å². The molecule has 1 aromatic heterocycles. The van der Waals surface area contributed by atoms with Crippen molar-refractivity contribution in [3.8, 4) is 5.75 Å². The van der Waals surface area contributed by atoms with Crippen molar-refractivity contribution in [2.24, 2.45) is 5.73 Å². The van der Waals surface area contributed by atoms with Crippen molar-refractivity contribution in [1.29, 1.82) is 0 Å². The number of ether oxygens (including phenoxy) is 1. The van der Waals surface area contributed by atoms with Crippen molar-refractivity contribution in [2.75, 3.05) is 7.11 Å². The molecule has 0 fully saturated rings. The highest BCUT2D eigenvalue weighted by atomic mass is 32.1. The average molecular weight is 284 g/mol. The Labute approximate surface area is 122 Å². The maximum Gasteiger partial charge on any atom is 0.123 e. The fourth-order valence-corrected chi connectivity index (χ4v) is 3.27. The number of methoxy groups -OCH3 is 1. The molecule has 0 radical (unpaired) electrons. The number of thiazole rings is 1. The molecule has 0 unspecified atom stereocenters. The van der Waals surface area contributed by atoms with E-state index >= 15 is 0 Å². The number of nitrogens with zero attached hydrogens (tertiary/aromatic N) is 1. The molecule has 2 N–H and O–H groups in total. The first-order valence-electron chi connectivity index (χ1n) is 6.50. The molecule has 3 rings (SSSR count). The van der Waals surface area contributed by atoms with E-state index in [9.17, 15) is 0 Å². The van der Waals surface area contributed by atoms with Gasteiger partial charge in [-0.2, -0.15) is 0 Å². The number of nitrogens with two attached hydrogens (primary N) is 1. The Balaban J connectivity index is 1.90. The van der Waals surface area contributed by atoms with E-state index in [2.05, 4.69) is 29.2 Å². The zero-order valence-electron chi connectivity index (χ0n) is 11.3. The van der Waals surface area contributed by atoms with Gasteiger partial charge in [0.25, 0.3) is 0 Å². The minimum atomic E-state index is 0.483. The van der Waals surface area contributed by atoms with Crippen LogP contribution in [0.2, 0.25) is 0 Å². The Kier molecular flexibility index (Phi) is 3.67. The van der Waals surface area contributed by atoms with Crippen LogP contribution in [0.25, 0.3) is 10.2 Å². The Morgan fingerprint density at radius 3 is 2.80 bits per heavy atom. The van der Waals surface area contributed by atoms with Crippen LogP contribution in [0.4, 0.5) is 0 Å². The van der Waals surface area contributed by atoms with Crippen LogP contribution >= 0.6 is 11.3 Å². The molecule has 0 saturated carbocycles. The lowest BCUT2D eigenvalue weighted by Gasteiger charge is -2.08. The highest BCUT2D eigenvalue weighted by Crippen LogP contribution is 2.25. The molecule has 0 atom stereocenters. The third-order valence-electron chi connectivity index (χ3n) is 3.26. The molecule has 3 nitrogen and oxygen atoms in total. The molecule has 0 aliphatic rings. The Morgan fingerprint density at radius 1 is 1.20 bits per heavy atom. The van der Waals surface area contributed by atoms with Gasteiger partial charge in [0, 0.05) is 18.5 Å². The van der Waals surface area contributed by atoms with Gasteiger partial charge in [0.2, 0.25) is 0 Å². The van der Waals surface area contributed by atoms with Gasteiger partial charge in [-0.15, -0.1) is 11.3 Å². The van der Waals surface area contributed by atoms with Crippen LogP contribution in [0.15, 0.2) is 42.5 Å². The maximum atomic E-state index is 5.76. The van der Waals surface area contributed by atoms with Crippen LogP contribution in [0.1, 0.15) is 16.1 Å². The SMILES string of the molecule is COc1ccc(Cc2nc3ccccc3s2)cc1CN. The molecule has 0 aliphatic carbocycles. The van der Waals surface area contributed by atoms with Crippen molar-refractivity contribution >= 4 is 21.6 Å². The summed E-state index contributed by atoms with van der Waals surface area (Å²) in [5, 5.41) is 1.12. The molecule has 0 amide bonds. The lowest BCUT2D eigenvalue weighted by molar-refractivity contribution is 0.409. The van der Waals surface area contributed by atoms with E-state index < -0.39 is 0 Å². The van der Waals surface area contributed by atoms with Gasteiger partial charge in [0.05, 0.1) is 22.3 Å². The molecule has 102 valence electrons. The van der Waals surface area contributed by atoms with E-state index in [1.165, 1.54) is 10.3 Å². The van der Waals surface area contributed by atoms with Crippen molar-refractivity contribution in [3.63, 3.8) is 0 Å². The molecule has 20 heavy (non-hydrogen) atoms. The quantitative estimate of drug-likeness (QED) is 0.799. The average Bonchev–Trinajstić information content (AvgIpc) is 2.89. The summed E-state index contributed by atoms with van der Waals surface area (Å²) >= 11 is 1.74. The fourth-order valence-electron chi connectivity index (χ4n) is 2.27. The Morgan fingerprint density at radius 2 is 2.05 bits per heavy atom. The summed E-state index contributed by atoms with van der Waals surface area (Å²) in [6, 6.07) is 14.4. The van der Waals surface area contributed by atoms with E-state index in [4.69, 9.17) is 10.5 Å². The molecule has 1 heterocycles. The second-order valence-electron chi connectivity index (χ2n) is 4.60. The molecule has 0 aliphatic heterocycles. The van der Waals surface area contributed by atoms with Gasteiger partial charge in [-0.3, -0.25) is 0 Å². The van der Waals surface area contributed by atoms with E-state index in [-0.39, 0.29) is 0 Å². The van der Waals surface area contributed by atoms with Crippen LogP contribution < -0.4 is 10.5 Å². The van der Waals surface area contributed by atoms with Gasteiger partial charge in [-0.1, -0.05) is 24.3 Å². The smallest absolute Gasteiger partial charge is 0.123 e. The summed E-state index contributed by atoms with van der Waals surface area (Å²) in [7, 11) is 1.67. The van der Waals surface area contributed by atoms with Crippen molar-refractivity contribution in [1.82, 2.24) is 4.98 Å². The summed E-state index contributed by atoms with van der Waals surface area (Å²) in [6.45, 7) is 0.483. The van der Waals surface area contributed by atoms with E-state index in [1.807, 2.05) is 18.2 Å². The molecular formula is C16H16N2OS. The number of aromatic nitrogens is 1. The predicted molar refractivity (Wildman–Crippen MR) is 83.3 cm³/mol. The van der Waals surface area contributed by atoms with E-state index in [0.717, 1.165) is 28.3 Å². The Bertz CT molecular complexity index is 703. The minimum Gasteiger partial charge on any atom is -0.496 e. The number of para-hydroxylation sites is 1. The molecule has 0 spiro atoms. The molecule has 0 bridgehead atoms. The number of rotatable bonds is 4. The number of hydrogen-bond acceptors (Lipinski definition) is 4. The van der Waals surface area contributed by atoms with Crippen LogP contribution in [0, 0.1) is 0 Å². The van der Waals surface area contributed by atoms with Crippen LogP contribution in [0.5, 0.6) is 5.75 Å². The van der Waals surface area contributed by atoms with Crippen LogP contribution in [-0.2, 0) is 13.0 Å². The third-order valence-corrected chi connectivity index (χ3v) is 4.29. The number of hydrogen-bond donors (Lipinski definition) is 1. The largest absolute Gasteiger partial charge is 0.496 e. The van der Waals surface area contributed by atoms with Crippen molar-refractivity contribution in [3.05, 3.63) is 58.6 Å². The van der Waals surface area contributed by atoms with Crippen LogP contribution in [-0.4, -0.2) is 12.1 Å². The highest BCUT2D eigenvalue weighted by molar-refractivity contribution is 7.18. The minimum absolute atomic E-state index is 0.483. The van der Waals surface area contributed by atoms with Gasteiger partial charge >= 0.3 is 0 Å². The highest BCUT2D eigenvalue weighted by Gasteiger charge is 2.07. The van der Waals surface area contributed by atoms with Gasteiger partial charge in [0.1, 0.15) is 5.75 Å². The second kappa shape index (κ2) is 5.61. The standard InChI is InChI=1S/C16H16N2OS/c1-19-14-7-6-11(8-12(14)10-17)9-16-18-13-4-2-3-5-15(13)20-16/h2-8H,9-10,17H2,1H3. The molecule has 3 aromatic rings. The second-order valence-corrected chi connectivity index (χ2v) is 5.72. The molecule has 4 heteroatoms. The summed E-state index contributed by atoms with van der Waals surface area (Å²) in [6.07, 6.45) is 0.830. The molecular weight excluding hydrogens is 268 g/mol. The molecule has 0 saturated heterocycles. The lowest BCUT2D eigenvalue weighted by atomic mass is 10.1. The monoisotopic (exact) mass is 284 g/mol.